The first-order valence-corrected chi connectivity index (χ1v) is 6.92. The van der Waals surface area contributed by atoms with Crippen molar-refractivity contribution in [2.24, 2.45) is 11.1 Å². The van der Waals surface area contributed by atoms with E-state index in [9.17, 15) is 4.79 Å². The minimum Gasteiger partial charge on any atom is -0.454 e. The highest BCUT2D eigenvalue weighted by Gasteiger charge is 2.36. The summed E-state index contributed by atoms with van der Waals surface area (Å²) in [7, 11) is 0. The predicted molar refractivity (Wildman–Crippen MR) is 82.1 cm³/mol. The SMILES string of the molecule is CC1(C)CN(C(=O)c2cccc3c2OCO3)CCC1N.Cl. The normalized spacial score (nSPS) is 22.6. The molecule has 1 aromatic rings. The second-order valence-electron chi connectivity index (χ2n) is 6.15. The van der Waals surface area contributed by atoms with Gasteiger partial charge in [0.1, 0.15) is 0 Å². The Morgan fingerprint density at radius 3 is 2.86 bits per heavy atom. The molecule has 1 aromatic carbocycles. The summed E-state index contributed by atoms with van der Waals surface area (Å²) in [5, 5.41) is 0. The number of carbonyl (C=O) groups excluding carboxylic acids is 1. The maximum atomic E-state index is 12.7. The molecule has 6 heteroatoms. The number of fused-ring (bicyclic) bond motifs is 1. The van der Waals surface area contributed by atoms with Gasteiger partial charge in [-0.3, -0.25) is 4.79 Å². The van der Waals surface area contributed by atoms with Gasteiger partial charge in [-0.25, -0.2) is 0 Å². The van der Waals surface area contributed by atoms with Crippen molar-refractivity contribution in [2.75, 3.05) is 19.9 Å². The number of hydrogen-bond acceptors (Lipinski definition) is 4. The van der Waals surface area contributed by atoms with E-state index in [0.717, 1.165) is 6.42 Å². The van der Waals surface area contributed by atoms with E-state index >= 15 is 0 Å². The summed E-state index contributed by atoms with van der Waals surface area (Å²) < 4.78 is 10.7. The van der Waals surface area contributed by atoms with E-state index < -0.39 is 0 Å². The number of carbonyl (C=O) groups is 1. The van der Waals surface area contributed by atoms with Crippen LogP contribution in [0.1, 0.15) is 30.6 Å². The summed E-state index contributed by atoms with van der Waals surface area (Å²) in [5.74, 6) is 1.20. The second-order valence-corrected chi connectivity index (χ2v) is 6.15. The highest BCUT2D eigenvalue weighted by molar-refractivity contribution is 5.98. The Morgan fingerprint density at radius 2 is 2.14 bits per heavy atom. The average Bonchev–Trinajstić information content (AvgIpc) is 2.89. The lowest BCUT2D eigenvalue weighted by molar-refractivity contribution is 0.0529. The zero-order valence-electron chi connectivity index (χ0n) is 12.3. The van der Waals surface area contributed by atoms with E-state index in [2.05, 4.69) is 13.8 Å². The van der Waals surface area contributed by atoms with Crippen molar-refractivity contribution in [2.45, 2.75) is 26.3 Å². The molecule has 21 heavy (non-hydrogen) atoms. The Kier molecular flexibility index (Phi) is 4.35. The highest BCUT2D eigenvalue weighted by Crippen LogP contribution is 2.37. The van der Waals surface area contributed by atoms with E-state index in [1.807, 2.05) is 17.0 Å². The van der Waals surface area contributed by atoms with Crippen molar-refractivity contribution in [3.8, 4) is 11.5 Å². The minimum absolute atomic E-state index is 0. The van der Waals surface area contributed by atoms with Crippen molar-refractivity contribution in [1.82, 2.24) is 4.90 Å². The van der Waals surface area contributed by atoms with Gasteiger partial charge in [-0.05, 0) is 24.0 Å². The maximum Gasteiger partial charge on any atom is 0.257 e. The molecule has 2 heterocycles. The highest BCUT2D eigenvalue weighted by atomic mass is 35.5. The molecule has 1 unspecified atom stereocenters. The van der Waals surface area contributed by atoms with Crippen molar-refractivity contribution in [3.05, 3.63) is 23.8 Å². The van der Waals surface area contributed by atoms with Gasteiger partial charge in [-0.1, -0.05) is 19.9 Å². The van der Waals surface area contributed by atoms with Crippen LogP contribution in [0.4, 0.5) is 0 Å². The predicted octanol–water partition coefficient (Wildman–Crippen LogP) is 2.04. The first-order valence-electron chi connectivity index (χ1n) is 6.92. The van der Waals surface area contributed by atoms with Gasteiger partial charge >= 0.3 is 0 Å². The summed E-state index contributed by atoms with van der Waals surface area (Å²) in [6.45, 7) is 5.74. The topological polar surface area (TPSA) is 64.8 Å². The molecule has 5 nitrogen and oxygen atoms in total. The Bertz CT molecular complexity index is 548. The van der Waals surface area contributed by atoms with Crippen LogP contribution < -0.4 is 15.2 Å². The second kappa shape index (κ2) is 5.73. The van der Waals surface area contributed by atoms with E-state index in [1.54, 1.807) is 6.07 Å². The smallest absolute Gasteiger partial charge is 0.257 e. The van der Waals surface area contributed by atoms with E-state index in [1.165, 1.54) is 0 Å². The molecule has 2 aliphatic rings. The first kappa shape index (κ1) is 15.9. The summed E-state index contributed by atoms with van der Waals surface area (Å²) >= 11 is 0. The van der Waals surface area contributed by atoms with Crippen molar-refractivity contribution in [3.63, 3.8) is 0 Å². The fourth-order valence-corrected chi connectivity index (χ4v) is 2.82. The van der Waals surface area contributed by atoms with E-state index in [-0.39, 0.29) is 36.6 Å². The number of benzene rings is 1. The number of para-hydroxylation sites is 1. The van der Waals surface area contributed by atoms with Crippen LogP contribution in [-0.2, 0) is 0 Å². The monoisotopic (exact) mass is 312 g/mol. The summed E-state index contributed by atoms with van der Waals surface area (Å²) in [5.41, 5.74) is 6.63. The molecule has 0 saturated carbocycles. The molecule has 1 saturated heterocycles. The Labute approximate surface area is 130 Å². The molecule has 116 valence electrons. The molecule has 1 atom stereocenters. The lowest BCUT2D eigenvalue weighted by Gasteiger charge is -2.42. The number of amides is 1. The van der Waals surface area contributed by atoms with Crippen LogP contribution in [0.2, 0.25) is 0 Å². The molecule has 2 aliphatic heterocycles. The third-order valence-electron chi connectivity index (χ3n) is 4.23. The molecule has 1 fully saturated rings. The molecule has 0 bridgehead atoms. The fraction of sp³-hybridized carbons (Fsp3) is 0.533. The molecule has 2 N–H and O–H groups in total. The zero-order valence-corrected chi connectivity index (χ0v) is 13.1. The molecule has 1 amide bonds. The zero-order chi connectivity index (χ0) is 14.3. The Balaban J connectivity index is 0.00000161. The summed E-state index contributed by atoms with van der Waals surface area (Å²) in [6, 6.07) is 5.56. The Morgan fingerprint density at radius 1 is 1.38 bits per heavy atom. The molecule has 0 spiro atoms. The number of hydrogen-bond donors (Lipinski definition) is 1. The molecule has 0 aliphatic carbocycles. The molecule has 0 radical (unpaired) electrons. The van der Waals surface area contributed by atoms with Gasteiger partial charge in [0.15, 0.2) is 11.5 Å². The lowest BCUT2D eigenvalue weighted by atomic mass is 9.79. The quantitative estimate of drug-likeness (QED) is 0.862. The van der Waals surface area contributed by atoms with Gasteiger partial charge in [0, 0.05) is 19.1 Å². The van der Waals surface area contributed by atoms with Gasteiger partial charge in [-0.2, -0.15) is 0 Å². The van der Waals surface area contributed by atoms with Crippen LogP contribution >= 0.6 is 12.4 Å². The number of rotatable bonds is 1. The molecular weight excluding hydrogens is 292 g/mol. The Hall–Kier alpha value is -1.46. The van der Waals surface area contributed by atoms with Crippen LogP contribution in [0.3, 0.4) is 0 Å². The van der Waals surface area contributed by atoms with E-state index in [0.29, 0.717) is 30.2 Å². The average molecular weight is 313 g/mol. The van der Waals surface area contributed by atoms with Crippen LogP contribution in [0.25, 0.3) is 0 Å². The van der Waals surface area contributed by atoms with Crippen LogP contribution in [0.5, 0.6) is 11.5 Å². The van der Waals surface area contributed by atoms with Gasteiger partial charge in [0.2, 0.25) is 6.79 Å². The number of piperidine rings is 1. The third-order valence-corrected chi connectivity index (χ3v) is 4.23. The summed E-state index contributed by atoms with van der Waals surface area (Å²) in [4.78, 5) is 14.6. The number of halogens is 1. The van der Waals surface area contributed by atoms with Crippen LogP contribution in [-0.4, -0.2) is 36.7 Å². The van der Waals surface area contributed by atoms with Crippen LogP contribution in [0.15, 0.2) is 18.2 Å². The van der Waals surface area contributed by atoms with E-state index in [4.69, 9.17) is 15.2 Å². The number of likely N-dealkylation sites (tertiary alicyclic amines) is 1. The lowest BCUT2D eigenvalue weighted by Crippen LogP contribution is -2.54. The van der Waals surface area contributed by atoms with Crippen LogP contribution in [0, 0.1) is 5.41 Å². The fourth-order valence-electron chi connectivity index (χ4n) is 2.82. The van der Waals surface area contributed by atoms with Gasteiger partial charge in [-0.15, -0.1) is 12.4 Å². The van der Waals surface area contributed by atoms with Gasteiger partial charge in [0.05, 0.1) is 5.56 Å². The van der Waals surface area contributed by atoms with Gasteiger partial charge < -0.3 is 20.1 Å². The third kappa shape index (κ3) is 2.80. The number of ether oxygens (including phenoxy) is 2. The maximum absolute atomic E-state index is 12.7. The number of nitrogens with two attached hydrogens (primary N) is 1. The van der Waals surface area contributed by atoms with Gasteiger partial charge in [0.25, 0.3) is 5.91 Å². The number of nitrogens with zero attached hydrogens (tertiary/aromatic N) is 1. The van der Waals surface area contributed by atoms with Crippen molar-refractivity contribution >= 4 is 18.3 Å². The molecular formula is C15H21ClN2O3. The molecule has 3 rings (SSSR count). The standard InChI is InChI=1S/C15H20N2O3.ClH/c1-15(2)8-17(7-6-12(15)16)14(18)10-4-3-5-11-13(10)20-9-19-11;/h3-5,12H,6-9,16H2,1-2H3;1H. The van der Waals surface area contributed by atoms with Crippen molar-refractivity contribution < 1.29 is 14.3 Å². The molecule has 0 aromatic heterocycles. The summed E-state index contributed by atoms with van der Waals surface area (Å²) in [6.07, 6.45) is 0.825. The largest absolute Gasteiger partial charge is 0.454 e. The van der Waals surface area contributed by atoms with Crippen molar-refractivity contribution in [1.29, 1.82) is 0 Å². The first-order chi connectivity index (χ1) is 9.49. The minimum atomic E-state index is -0.0662.